The maximum atomic E-state index is 12.8. The Morgan fingerprint density at radius 2 is 2.03 bits per heavy atom. The smallest absolute Gasteiger partial charge is 0.322 e. The Balaban J connectivity index is 1.36. The predicted octanol–water partition coefficient (Wildman–Crippen LogP) is 2.49. The molecular formula is C20H17F3N4O4S. The fraction of sp³-hybridized carbons (Fsp3) is 0.350. The number of rotatable bonds is 5. The third-order valence-corrected chi connectivity index (χ3v) is 6.00. The van der Waals surface area contributed by atoms with Crippen LogP contribution in [0.4, 0.5) is 18.2 Å². The third-order valence-electron chi connectivity index (χ3n) is 5.30. The zero-order valence-electron chi connectivity index (χ0n) is 16.5. The summed E-state index contributed by atoms with van der Waals surface area (Å²) in [4.78, 5) is 49.8. The average Bonchev–Trinajstić information content (AvgIpc) is 3.31. The van der Waals surface area contributed by atoms with Gasteiger partial charge in [0.15, 0.2) is 5.69 Å². The molecule has 3 heterocycles. The van der Waals surface area contributed by atoms with Crippen LogP contribution in [-0.4, -0.2) is 38.9 Å². The number of aromatic nitrogens is 1. The van der Waals surface area contributed by atoms with E-state index in [2.05, 4.69) is 15.0 Å². The molecule has 0 bridgehead atoms. The number of nitrogens with zero attached hydrogens (tertiary/aromatic N) is 2. The lowest BCUT2D eigenvalue weighted by Crippen LogP contribution is -2.52. The molecule has 168 valence electrons. The van der Waals surface area contributed by atoms with Gasteiger partial charge in [-0.1, -0.05) is 12.1 Å². The molecule has 1 saturated heterocycles. The van der Waals surface area contributed by atoms with Gasteiger partial charge in [0, 0.05) is 31.0 Å². The number of carbonyl (C=O) groups is 4. The minimum Gasteiger partial charge on any atom is -0.322 e. The molecule has 1 fully saturated rings. The predicted molar refractivity (Wildman–Crippen MR) is 107 cm³/mol. The molecule has 2 aliphatic rings. The molecule has 4 amide bonds. The van der Waals surface area contributed by atoms with Crippen molar-refractivity contribution in [1.82, 2.24) is 14.6 Å². The number of anilines is 1. The molecule has 8 nitrogen and oxygen atoms in total. The first-order valence-corrected chi connectivity index (χ1v) is 10.5. The quantitative estimate of drug-likeness (QED) is 0.659. The van der Waals surface area contributed by atoms with E-state index in [1.54, 1.807) is 18.2 Å². The first kappa shape index (κ1) is 21.9. The van der Waals surface area contributed by atoms with Gasteiger partial charge >= 0.3 is 6.18 Å². The van der Waals surface area contributed by atoms with Crippen LogP contribution in [0.2, 0.25) is 0 Å². The summed E-state index contributed by atoms with van der Waals surface area (Å²) in [5.41, 5.74) is 0.829. The second-order valence-corrected chi connectivity index (χ2v) is 8.32. The first-order valence-electron chi connectivity index (χ1n) is 9.72. The lowest BCUT2D eigenvalue weighted by atomic mass is 10.0. The van der Waals surface area contributed by atoms with Gasteiger partial charge in [0.1, 0.15) is 11.0 Å². The Bertz CT molecular complexity index is 1110. The molecule has 0 radical (unpaired) electrons. The Morgan fingerprint density at radius 3 is 2.72 bits per heavy atom. The monoisotopic (exact) mass is 466 g/mol. The van der Waals surface area contributed by atoms with Gasteiger partial charge in [-0.2, -0.15) is 17.5 Å². The summed E-state index contributed by atoms with van der Waals surface area (Å²) in [7, 11) is 0. The van der Waals surface area contributed by atoms with Crippen LogP contribution < -0.4 is 10.6 Å². The van der Waals surface area contributed by atoms with E-state index in [1.165, 1.54) is 4.90 Å². The van der Waals surface area contributed by atoms with E-state index in [0.29, 0.717) is 22.7 Å². The minimum absolute atomic E-state index is 0.00306. The van der Waals surface area contributed by atoms with Crippen molar-refractivity contribution >= 4 is 40.2 Å². The van der Waals surface area contributed by atoms with Crippen LogP contribution in [0, 0.1) is 0 Å². The summed E-state index contributed by atoms with van der Waals surface area (Å²) >= 11 is 0.551. The zero-order chi connectivity index (χ0) is 23.0. The van der Waals surface area contributed by atoms with Crippen molar-refractivity contribution < 1.29 is 32.3 Å². The summed E-state index contributed by atoms with van der Waals surface area (Å²) < 4.78 is 41.1. The van der Waals surface area contributed by atoms with E-state index in [4.69, 9.17) is 0 Å². The molecule has 0 spiro atoms. The second-order valence-electron chi connectivity index (χ2n) is 7.51. The van der Waals surface area contributed by atoms with E-state index in [1.807, 2.05) is 0 Å². The molecule has 0 saturated carbocycles. The van der Waals surface area contributed by atoms with Gasteiger partial charge in [-0.3, -0.25) is 24.5 Å². The SMILES string of the molecule is O=C1CCC(N2Cc3ccc(CCC(=O)Nc4cc(C(F)(F)F)ns4)cc3C2=O)C(=O)N1. The highest BCUT2D eigenvalue weighted by Gasteiger charge is 2.39. The molecule has 2 N–H and O–H groups in total. The van der Waals surface area contributed by atoms with Crippen LogP contribution >= 0.6 is 11.5 Å². The Morgan fingerprint density at radius 1 is 1.25 bits per heavy atom. The summed E-state index contributed by atoms with van der Waals surface area (Å²) in [5, 5.41) is 4.65. The lowest BCUT2D eigenvalue weighted by Gasteiger charge is -2.29. The van der Waals surface area contributed by atoms with Crippen LogP contribution in [0.25, 0.3) is 0 Å². The van der Waals surface area contributed by atoms with Crippen molar-refractivity contribution in [3.63, 3.8) is 0 Å². The van der Waals surface area contributed by atoms with Crippen LogP contribution in [0.3, 0.4) is 0 Å². The highest BCUT2D eigenvalue weighted by Crippen LogP contribution is 2.32. The number of carbonyl (C=O) groups excluding carboxylic acids is 4. The molecule has 0 aliphatic carbocycles. The van der Waals surface area contributed by atoms with Gasteiger partial charge in [-0.05, 0) is 41.6 Å². The molecule has 1 unspecified atom stereocenters. The van der Waals surface area contributed by atoms with Gasteiger partial charge in [0.25, 0.3) is 5.91 Å². The zero-order valence-corrected chi connectivity index (χ0v) is 17.3. The molecule has 1 aromatic carbocycles. The summed E-state index contributed by atoms with van der Waals surface area (Å²) in [5.74, 6) is -1.63. The normalized spacial score (nSPS) is 18.5. The van der Waals surface area contributed by atoms with Crippen molar-refractivity contribution in [2.24, 2.45) is 0 Å². The van der Waals surface area contributed by atoms with Crippen LogP contribution in [0.5, 0.6) is 0 Å². The number of piperidine rings is 1. The molecule has 2 aromatic rings. The number of imide groups is 1. The van der Waals surface area contributed by atoms with E-state index in [-0.39, 0.29) is 49.0 Å². The molecule has 1 atom stereocenters. The maximum Gasteiger partial charge on any atom is 0.434 e. The van der Waals surface area contributed by atoms with Crippen molar-refractivity contribution in [2.75, 3.05) is 5.32 Å². The van der Waals surface area contributed by atoms with Crippen LogP contribution in [0.15, 0.2) is 24.3 Å². The second kappa shape index (κ2) is 8.34. The van der Waals surface area contributed by atoms with Crippen molar-refractivity contribution in [3.8, 4) is 0 Å². The number of alkyl halides is 3. The van der Waals surface area contributed by atoms with E-state index < -0.39 is 29.7 Å². The number of halogens is 3. The van der Waals surface area contributed by atoms with Crippen molar-refractivity contribution in [1.29, 1.82) is 0 Å². The van der Waals surface area contributed by atoms with E-state index in [0.717, 1.165) is 11.6 Å². The number of aryl methyl sites for hydroxylation is 1. The average molecular weight is 466 g/mol. The van der Waals surface area contributed by atoms with Gasteiger partial charge in [-0.15, -0.1) is 0 Å². The molecule has 32 heavy (non-hydrogen) atoms. The molecule has 2 aliphatic heterocycles. The summed E-state index contributed by atoms with van der Waals surface area (Å²) in [6, 6.07) is 5.25. The number of hydrogen-bond acceptors (Lipinski definition) is 6. The van der Waals surface area contributed by atoms with Crippen molar-refractivity contribution in [2.45, 2.75) is 44.4 Å². The van der Waals surface area contributed by atoms with E-state index >= 15 is 0 Å². The third kappa shape index (κ3) is 4.49. The van der Waals surface area contributed by atoms with E-state index in [9.17, 15) is 32.3 Å². The highest BCUT2D eigenvalue weighted by molar-refractivity contribution is 7.10. The fourth-order valence-corrected chi connectivity index (χ4v) is 4.36. The molecule has 4 rings (SSSR count). The summed E-state index contributed by atoms with van der Waals surface area (Å²) in [6.07, 6.45) is -3.86. The van der Waals surface area contributed by atoms with Crippen LogP contribution in [0.1, 0.15) is 46.4 Å². The van der Waals surface area contributed by atoms with Gasteiger partial charge < -0.3 is 10.2 Å². The summed E-state index contributed by atoms with van der Waals surface area (Å²) in [6.45, 7) is 0.258. The molecule has 12 heteroatoms. The Kier molecular flexibility index (Phi) is 5.71. The van der Waals surface area contributed by atoms with Gasteiger partial charge in [-0.25, -0.2) is 0 Å². The number of amides is 4. The van der Waals surface area contributed by atoms with Gasteiger partial charge in [0.05, 0.1) is 0 Å². The van der Waals surface area contributed by atoms with Crippen molar-refractivity contribution in [3.05, 3.63) is 46.6 Å². The highest BCUT2D eigenvalue weighted by atomic mass is 32.1. The van der Waals surface area contributed by atoms with Crippen LogP contribution in [-0.2, 0) is 33.5 Å². The molecule has 1 aromatic heterocycles. The number of hydrogen-bond donors (Lipinski definition) is 2. The largest absolute Gasteiger partial charge is 0.434 e. The standard InChI is InChI=1S/C20H17F3N4O4S/c21-20(22,23)14-8-17(32-26-14)24-15(28)5-2-10-1-3-11-9-27(19(31)12(11)7-10)13-4-6-16(29)25-18(13)30/h1,3,7-8,13H,2,4-6,9H2,(H,24,28)(H,25,29,30). The first-order chi connectivity index (χ1) is 15.1. The fourth-order valence-electron chi connectivity index (χ4n) is 3.68. The number of nitrogens with one attached hydrogen (secondary N) is 2. The molecular weight excluding hydrogens is 449 g/mol. The topological polar surface area (TPSA) is 108 Å². The number of fused-ring (bicyclic) bond motifs is 1. The van der Waals surface area contributed by atoms with Gasteiger partial charge in [0.2, 0.25) is 17.7 Å². The lowest BCUT2D eigenvalue weighted by molar-refractivity contribution is -0.140. The number of benzene rings is 1. The Hall–Kier alpha value is -3.28. The Labute approximate surface area is 183 Å². The minimum atomic E-state index is -4.57. The maximum absolute atomic E-state index is 12.8.